The van der Waals surface area contributed by atoms with Gasteiger partial charge in [0.25, 0.3) is 5.24 Å². The third-order valence-corrected chi connectivity index (χ3v) is 2.60. The Labute approximate surface area is 110 Å². The van der Waals surface area contributed by atoms with E-state index in [1.807, 2.05) is 30.3 Å². The molecular weight excluding hydrogens is 250 g/mol. The fourth-order valence-corrected chi connectivity index (χ4v) is 1.60. The van der Waals surface area contributed by atoms with Crippen molar-refractivity contribution in [3.05, 3.63) is 65.5 Å². The monoisotopic (exact) mass is 261 g/mol. The zero-order chi connectivity index (χ0) is 12.8. The van der Waals surface area contributed by atoms with Crippen LogP contribution < -0.4 is 0 Å². The second-order valence-electron chi connectivity index (χ2n) is 3.80. The van der Waals surface area contributed by atoms with Crippen molar-refractivity contribution >= 4 is 16.8 Å². The molecule has 0 fully saturated rings. The molecule has 0 spiro atoms. The van der Waals surface area contributed by atoms with Crippen LogP contribution >= 0.6 is 11.6 Å². The van der Waals surface area contributed by atoms with Gasteiger partial charge in [0, 0.05) is 6.20 Å². The molecule has 0 bridgehead atoms. The number of carbonyl (C=O) groups excluding carboxylic acids is 1. The molecule has 1 aromatic carbocycles. The van der Waals surface area contributed by atoms with E-state index in [-0.39, 0.29) is 5.69 Å². The quantitative estimate of drug-likeness (QED) is 0.776. The van der Waals surface area contributed by atoms with E-state index in [4.69, 9.17) is 16.3 Å². The average molecular weight is 262 g/mol. The minimum atomic E-state index is -0.549. The first-order chi connectivity index (χ1) is 8.75. The molecule has 4 heteroatoms. The summed E-state index contributed by atoms with van der Waals surface area (Å²) in [6, 6.07) is 13.3. The van der Waals surface area contributed by atoms with E-state index in [2.05, 4.69) is 4.98 Å². The van der Waals surface area contributed by atoms with Crippen molar-refractivity contribution in [3.63, 3.8) is 0 Å². The number of aromatic nitrogens is 1. The summed E-state index contributed by atoms with van der Waals surface area (Å²) in [5, 5.41) is -0.549. The number of nitrogens with zero attached hydrogens (tertiary/aromatic N) is 1. The lowest BCUT2D eigenvalue weighted by Crippen LogP contribution is -1.97. The standard InChI is InChI=1S/C14H12ClNO2/c15-14(17)13-7-6-12(8-16-13)10-18-9-11-4-2-1-3-5-11/h1-8H,9-10H2. The normalized spacial score (nSPS) is 10.3. The first-order valence-electron chi connectivity index (χ1n) is 5.52. The van der Waals surface area contributed by atoms with Gasteiger partial charge in [-0.25, -0.2) is 0 Å². The summed E-state index contributed by atoms with van der Waals surface area (Å²) in [5.74, 6) is 0. The molecule has 0 saturated carbocycles. The van der Waals surface area contributed by atoms with Crippen molar-refractivity contribution in [2.24, 2.45) is 0 Å². The molecule has 0 radical (unpaired) electrons. The van der Waals surface area contributed by atoms with Crippen LogP contribution in [0.3, 0.4) is 0 Å². The summed E-state index contributed by atoms with van der Waals surface area (Å²) >= 11 is 5.31. The smallest absolute Gasteiger partial charge is 0.270 e. The van der Waals surface area contributed by atoms with Crippen LogP contribution in [0.5, 0.6) is 0 Å². The molecule has 1 heterocycles. The van der Waals surface area contributed by atoms with Crippen LogP contribution in [0.15, 0.2) is 48.7 Å². The summed E-state index contributed by atoms with van der Waals surface area (Å²) < 4.78 is 5.55. The van der Waals surface area contributed by atoms with Gasteiger partial charge >= 0.3 is 0 Å². The lowest BCUT2D eigenvalue weighted by Gasteiger charge is -2.04. The number of hydrogen-bond donors (Lipinski definition) is 0. The van der Waals surface area contributed by atoms with Crippen molar-refractivity contribution < 1.29 is 9.53 Å². The van der Waals surface area contributed by atoms with Crippen molar-refractivity contribution in [3.8, 4) is 0 Å². The zero-order valence-corrected chi connectivity index (χ0v) is 10.4. The number of benzene rings is 1. The van der Waals surface area contributed by atoms with Crippen molar-refractivity contribution in [1.82, 2.24) is 4.98 Å². The van der Waals surface area contributed by atoms with Crippen LogP contribution in [0, 0.1) is 0 Å². The van der Waals surface area contributed by atoms with Gasteiger partial charge in [0.15, 0.2) is 0 Å². The summed E-state index contributed by atoms with van der Waals surface area (Å²) in [6.07, 6.45) is 1.60. The maximum absolute atomic E-state index is 10.8. The van der Waals surface area contributed by atoms with Gasteiger partial charge in [-0.1, -0.05) is 36.4 Å². The first-order valence-corrected chi connectivity index (χ1v) is 5.90. The average Bonchev–Trinajstić information content (AvgIpc) is 2.40. The fourth-order valence-electron chi connectivity index (χ4n) is 1.49. The van der Waals surface area contributed by atoms with E-state index in [0.717, 1.165) is 11.1 Å². The summed E-state index contributed by atoms with van der Waals surface area (Å²) in [4.78, 5) is 14.8. The SMILES string of the molecule is O=C(Cl)c1ccc(COCc2ccccc2)cn1. The van der Waals surface area contributed by atoms with Gasteiger partial charge < -0.3 is 4.74 Å². The van der Waals surface area contributed by atoms with Crippen LogP contribution in [-0.2, 0) is 18.0 Å². The first kappa shape index (κ1) is 12.7. The Kier molecular flexibility index (Phi) is 4.45. The van der Waals surface area contributed by atoms with Crippen molar-refractivity contribution in [1.29, 1.82) is 0 Å². The van der Waals surface area contributed by atoms with E-state index in [1.54, 1.807) is 18.3 Å². The van der Waals surface area contributed by atoms with Gasteiger partial charge in [-0.05, 0) is 28.8 Å². The Hall–Kier alpha value is -1.71. The predicted molar refractivity (Wildman–Crippen MR) is 69.4 cm³/mol. The largest absolute Gasteiger partial charge is 0.372 e. The second-order valence-corrected chi connectivity index (χ2v) is 4.15. The molecule has 92 valence electrons. The number of rotatable bonds is 5. The van der Waals surface area contributed by atoms with Gasteiger partial charge in [-0.15, -0.1) is 0 Å². The minimum absolute atomic E-state index is 0.253. The lowest BCUT2D eigenvalue weighted by molar-refractivity contribution is 0.106. The van der Waals surface area contributed by atoms with Crippen molar-refractivity contribution in [2.75, 3.05) is 0 Å². The van der Waals surface area contributed by atoms with Gasteiger partial charge in [0.2, 0.25) is 0 Å². The third kappa shape index (κ3) is 3.65. The van der Waals surface area contributed by atoms with Crippen LogP contribution in [-0.4, -0.2) is 10.2 Å². The molecule has 0 saturated heterocycles. The number of halogens is 1. The number of hydrogen-bond acceptors (Lipinski definition) is 3. The number of ether oxygens (including phenoxy) is 1. The summed E-state index contributed by atoms with van der Waals surface area (Å²) in [5.41, 5.74) is 2.29. The maximum Gasteiger partial charge on any atom is 0.270 e. The number of carbonyl (C=O) groups is 1. The summed E-state index contributed by atoms with van der Waals surface area (Å²) in [7, 11) is 0. The molecule has 2 rings (SSSR count). The third-order valence-electron chi connectivity index (χ3n) is 2.41. The van der Waals surface area contributed by atoms with Gasteiger partial charge in [0.1, 0.15) is 5.69 Å². The predicted octanol–water partition coefficient (Wildman–Crippen LogP) is 3.18. The van der Waals surface area contributed by atoms with Gasteiger partial charge in [-0.3, -0.25) is 9.78 Å². The molecule has 1 aromatic heterocycles. The molecule has 0 N–H and O–H groups in total. The Morgan fingerprint density at radius 3 is 2.39 bits per heavy atom. The highest BCUT2D eigenvalue weighted by Gasteiger charge is 2.02. The van der Waals surface area contributed by atoms with Crippen molar-refractivity contribution in [2.45, 2.75) is 13.2 Å². The molecule has 3 nitrogen and oxygen atoms in total. The molecule has 18 heavy (non-hydrogen) atoms. The van der Waals surface area contributed by atoms with E-state index < -0.39 is 5.24 Å². The highest BCUT2D eigenvalue weighted by atomic mass is 35.5. The highest BCUT2D eigenvalue weighted by Crippen LogP contribution is 2.07. The molecule has 0 aliphatic carbocycles. The molecular formula is C14H12ClNO2. The Balaban J connectivity index is 1.85. The molecule has 0 aliphatic rings. The molecule has 0 amide bonds. The fraction of sp³-hybridized carbons (Fsp3) is 0.143. The Bertz CT molecular complexity index is 511. The van der Waals surface area contributed by atoms with E-state index in [0.29, 0.717) is 13.2 Å². The number of pyridine rings is 1. The van der Waals surface area contributed by atoms with E-state index >= 15 is 0 Å². The van der Waals surface area contributed by atoms with E-state index in [9.17, 15) is 4.79 Å². The highest BCUT2D eigenvalue weighted by molar-refractivity contribution is 6.67. The molecule has 0 unspecified atom stereocenters. The maximum atomic E-state index is 10.8. The van der Waals surface area contributed by atoms with Crippen LogP contribution in [0.1, 0.15) is 21.6 Å². The van der Waals surface area contributed by atoms with Crippen LogP contribution in [0.2, 0.25) is 0 Å². The van der Waals surface area contributed by atoms with Gasteiger partial charge in [-0.2, -0.15) is 0 Å². The molecule has 0 aliphatic heterocycles. The Morgan fingerprint density at radius 1 is 1.06 bits per heavy atom. The minimum Gasteiger partial charge on any atom is -0.372 e. The van der Waals surface area contributed by atoms with Crippen LogP contribution in [0.4, 0.5) is 0 Å². The van der Waals surface area contributed by atoms with Gasteiger partial charge in [0.05, 0.1) is 13.2 Å². The lowest BCUT2D eigenvalue weighted by atomic mass is 10.2. The molecule has 2 aromatic rings. The second kappa shape index (κ2) is 6.28. The topological polar surface area (TPSA) is 39.2 Å². The van der Waals surface area contributed by atoms with E-state index in [1.165, 1.54) is 0 Å². The zero-order valence-electron chi connectivity index (χ0n) is 9.67. The Morgan fingerprint density at radius 2 is 1.78 bits per heavy atom. The van der Waals surface area contributed by atoms with Crippen LogP contribution in [0.25, 0.3) is 0 Å². The molecule has 0 atom stereocenters. The summed E-state index contributed by atoms with van der Waals surface area (Å²) in [6.45, 7) is 1.01.